The maximum Gasteiger partial charge on any atom is 0.276 e. The van der Waals surface area contributed by atoms with Crippen LogP contribution in [0.4, 0.5) is 5.69 Å². The summed E-state index contributed by atoms with van der Waals surface area (Å²) in [5.41, 5.74) is 2.64. The van der Waals surface area contributed by atoms with Crippen molar-refractivity contribution in [2.45, 2.75) is 34.1 Å². The van der Waals surface area contributed by atoms with Crippen LogP contribution in [-0.2, 0) is 0 Å². The zero-order valence-electron chi connectivity index (χ0n) is 14.7. The van der Waals surface area contributed by atoms with Gasteiger partial charge in [0, 0.05) is 17.3 Å². The lowest BCUT2D eigenvalue weighted by atomic mass is 10.2. The summed E-state index contributed by atoms with van der Waals surface area (Å²) in [5, 5.41) is 6.00. The van der Waals surface area contributed by atoms with Gasteiger partial charge in [0.05, 0.1) is 11.4 Å². The first-order chi connectivity index (χ1) is 11.8. The van der Waals surface area contributed by atoms with Crippen molar-refractivity contribution >= 4 is 29.1 Å². The van der Waals surface area contributed by atoms with Gasteiger partial charge in [-0.3, -0.25) is 9.59 Å². The van der Waals surface area contributed by atoms with Gasteiger partial charge < -0.3 is 10.6 Å². The molecule has 0 radical (unpaired) electrons. The standard InChI is InChI=1S/C18H21ClN4O2/c1-5-8-20-17(24)15-16(22-12(4)11(3)21-15)18(25)23-14-9-13(19)7-6-10(14)2/h6-7,9H,5,8H2,1-4H3,(H,20,24)(H,23,25). The van der Waals surface area contributed by atoms with Crippen molar-refractivity contribution in [1.29, 1.82) is 0 Å². The predicted octanol–water partition coefficient (Wildman–Crippen LogP) is 3.45. The molecule has 1 aromatic heterocycles. The third-order valence-corrected chi connectivity index (χ3v) is 3.96. The van der Waals surface area contributed by atoms with Gasteiger partial charge >= 0.3 is 0 Å². The van der Waals surface area contributed by atoms with E-state index in [0.29, 0.717) is 28.6 Å². The molecule has 0 bridgehead atoms. The Labute approximate surface area is 152 Å². The highest BCUT2D eigenvalue weighted by molar-refractivity contribution is 6.31. The third-order valence-electron chi connectivity index (χ3n) is 3.72. The van der Waals surface area contributed by atoms with E-state index in [2.05, 4.69) is 20.6 Å². The zero-order chi connectivity index (χ0) is 18.6. The van der Waals surface area contributed by atoms with E-state index in [-0.39, 0.29) is 11.4 Å². The van der Waals surface area contributed by atoms with Crippen LogP contribution < -0.4 is 10.6 Å². The first-order valence-electron chi connectivity index (χ1n) is 8.04. The molecule has 7 heteroatoms. The first-order valence-corrected chi connectivity index (χ1v) is 8.42. The number of aryl methyl sites for hydroxylation is 3. The van der Waals surface area contributed by atoms with Crippen LogP contribution in [0, 0.1) is 20.8 Å². The fraction of sp³-hybridized carbons (Fsp3) is 0.333. The third kappa shape index (κ3) is 4.54. The molecule has 132 valence electrons. The number of carbonyl (C=O) groups excluding carboxylic acids is 2. The van der Waals surface area contributed by atoms with Gasteiger partial charge in [0.25, 0.3) is 11.8 Å². The number of hydrogen-bond donors (Lipinski definition) is 2. The molecule has 0 spiro atoms. The van der Waals surface area contributed by atoms with E-state index in [1.54, 1.807) is 32.0 Å². The molecule has 0 aliphatic heterocycles. The van der Waals surface area contributed by atoms with Crippen LogP contribution in [0.25, 0.3) is 0 Å². The normalized spacial score (nSPS) is 10.4. The number of halogens is 1. The molecule has 0 saturated carbocycles. The summed E-state index contributed by atoms with van der Waals surface area (Å²) < 4.78 is 0. The Morgan fingerprint density at radius 2 is 1.64 bits per heavy atom. The highest BCUT2D eigenvalue weighted by atomic mass is 35.5. The SMILES string of the molecule is CCCNC(=O)c1nc(C)c(C)nc1C(=O)Nc1cc(Cl)ccc1C. The van der Waals surface area contributed by atoms with Crippen molar-refractivity contribution in [3.8, 4) is 0 Å². The molecule has 0 unspecified atom stereocenters. The molecule has 1 aromatic carbocycles. The number of benzene rings is 1. The van der Waals surface area contributed by atoms with Crippen LogP contribution in [-0.4, -0.2) is 28.3 Å². The van der Waals surface area contributed by atoms with Gasteiger partial charge in [0.15, 0.2) is 11.4 Å². The summed E-state index contributed by atoms with van der Waals surface area (Å²) in [6.07, 6.45) is 0.785. The van der Waals surface area contributed by atoms with E-state index in [4.69, 9.17) is 11.6 Å². The number of anilines is 1. The summed E-state index contributed by atoms with van der Waals surface area (Å²) >= 11 is 5.99. The molecule has 0 fully saturated rings. The Balaban J connectivity index is 2.39. The second-order valence-electron chi connectivity index (χ2n) is 5.76. The van der Waals surface area contributed by atoms with Crippen molar-refractivity contribution in [1.82, 2.24) is 15.3 Å². The first kappa shape index (κ1) is 18.9. The average Bonchev–Trinajstić information content (AvgIpc) is 2.57. The molecule has 2 aromatic rings. The molecular weight excluding hydrogens is 340 g/mol. The number of amides is 2. The highest BCUT2D eigenvalue weighted by Gasteiger charge is 2.22. The number of nitrogens with one attached hydrogen (secondary N) is 2. The second-order valence-corrected chi connectivity index (χ2v) is 6.20. The fourth-order valence-corrected chi connectivity index (χ4v) is 2.32. The Bertz CT molecular complexity index is 821. The van der Waals surface area contributed by atoms with Gasteiger partial charge in [-0.2, -0.15) is 0 Å². The van der Waals surface area contributed by atoms with Crippen molar-refractivity contribution in [3.63, 3.8) is 0 Å². The van der Waals surface area contributed by atoms with E-state index in [9.17, 15) is 9.59 Å². The minimum Gasteiger partial charge on any atom is -0.351 e. The molecule has 6 nitrogen and oxygen atoms in total. The molecule has 0 aliphatic rings. The van der Waals surface area contributed by atoms with Crippen LogP contribution in [0.15, 0.2) is 18.2 Å². The van der Waals surface area contributed by atoms with E-state index in [1.165, 1.54) is 0 Å². The zero-order valence-corrected chi connectivity index (χ0v) is 15.5. The van der Waals surface area contributed by atoms with Gasteiger partial charge in [0.1, 0.15) is 0 Å². The number of hydrogen-bond acceptors (Lipinski definition) is 4. The minimum absolute atomic E-state index is 0.00363. The van der Waals surface area contributed by atoms with Gasteiger partial charge in [-0.1, -0.05) is 24.6 Å². The monoisotopic (exact) mass is 360 g/mol. The van der Waals surface area contributed by atoms with Gasteiger partial charge in [-0.25, -0.2) is 9.97 Å². The van der Waals surface area contributed by atoms with E-state index in [0.717, 1.165) is 12.0 Å². The van der Waals surface area contributed by atoms with E-state index >= 15 is 0 Å². The average molecular weight is 361 g/mol. The summed E-state index contributed by atoms with van der Waals surface area (Å²) in [6.45, 7) is 7.80. The van der Waals surface area contributed by atoms with E-state index in [1.807, 2.05) is 13.8 Å². The van der Waals surface area contributed by atoms with Crippen molar-refractivity contribution in [2.24, 2.45) is 0 Å². The molecule has 0 saturated heterocycles. The molecule has 0 atom stereocenters. The minimum atomic E-state index is -0.498. The summed E-state index contributed by atoms with van der Waals surface area (Å²) in [5.74, 6) is -0.909. The fourth-order valence-electron chi connectivity index (χ4n) is 2.15. The molecule has 0 aliphatic carbocycles. The largest absolute Gasteiger partial charge is 0.351 e. The Kier molecular flexibility index (Phi) is 6.09. The molecule has 2 rings (SSSR count). The van der Waals surface area contributed by atoms with Crippen molar-refractivity contribution in [2.75, 3.05) is 11.9 Å². The summed E-state index contributed by atoms with van der Waals surface area (Å²) in [7, 11) is 0. The van der Waals surface area contributed by atoms with Crippen LogP contribution in [0.1, 0.15) is 51.3 Å². The van der Waals surface area contributed by atoms with Gasteiger partial charge in [-0.05, 0) is 44.9 Å². The second kappa shape index (κ2) is 8.07. The van der Waals surface area contributed by atoms with Gasteiger partial charge in [-0.15, -0.1) is 0 Å². The predicted molar refractivity (Wildman–Crippen MR) is 98.3 cm³/mol. The molecule has 2 N–H and O–H groups in total. The molecular formula is C18H21ClN4O2. The number of nitrogens with zero attached hydrogens (tertiary/aromatic N) is 2. The Morgan fingerprint density at radius 3 is 2.24 bits per heavy atom. The number of carbonyl (C=O) groups is 2. The quantitative estimate of drug-likeness (QED) is 0.855. The van der Waals surface area contributed by atoms with Crippen molar-refractivity contribution < 1.29 is 9.59 Å². The molecule has 1 heterocycles. The maximum atomic E-state index is 12.7. The lowest BCUT2D eigenvalue weighted by Gasteiger charge is -2.12. The summed E-state index contributed by atoms with van der Waals surface area (Å²) in [6, 6.07) is 5.20. The lowest BCUT2D eigenvalue weighted by molar-refractivity contribution is 0.0933. The number of rotatable bonds is 5. The maximum absolute atomic E-state index is 12.7. The van der Waals surface area contributed by atoms with E-state index < -0.39 is 11.8 Å². The highest BCUT2D eigenvalue weighted by Crippen LogP contribution is 2.21. The van der Waals surface area contributed by atoms with Crippen LogP contribution in [0.5, 0.6) is 0 Å². The number of aromatic nitrogens is 2. The van der Waals surface area contributed by atoms with Gasteiger partial charge in [0.2, 0.25) is 0 Å². The Hall–Kier alpha value is -2.47. The smallest absolute Gasteiger partial charge is 0.276 e. The van der Waals surface area contributed by atoms with Crippen LogP contribution in [0.2, 0.25) is 5.02 Å². The Morgan fingerprint density at radius 1 is 1.04 bits per heavy atom. The lowest BCUT2D eigenvalue weighted by Crippen LogP contribution is -2.30. The van der Waals surface area contributed by atoms with Crippen LogP contribution >= 0.6 is 11.6 Å². The van der Waals surface area contributed by atoms with Crippen molar-refractivity contribution in [3.05, 3.63) is 51.6 Å². The van der Waals surface area contributed by atoms with Crippen LogP contribution in [0.3, 0.4) is 0 Å². The summed E-state index contributed by atoms with van der Waals surface area (Å²) in [4.78, 5) is 33.6. The molecule has 2 amide bonds. The topological polar surface area (TPSA) is 84.0 Å². The molecule has 25 heavy (non-hydrogen) atoms.